The number of hydrogen-bond donors (Lipinski definition) is 1. The van der Waals surface area contributed by atoms with Gasteiger partial charge in [0.2, 0.25) is 0 Å². The van der Waals surface area contributed by atoms with Gasteiger partial charge < -0.3 is 5.11 Å². The minimum atomic E-state index is -3.36. The van der Waals surface area contributed by atoms with Crippen molar-refractivity contribution in [2.45, 2.75) is 23.0 Å². The Morgan fingerprint density at radius 3 is 2.44 bits per heavy atom. The standard InChI is InChI=1S/C10H9ClO4S/c11-8-5-6(10(12)13)1-4-9(8)16(14,15)7-2-3-7/h1,4-5,7H,2-3H2,(H,12,13). The van der Waals surface area contributed by atoms with Crippen LogP contribution in [0.1, 0.15) is 23.2 Å². The van der Waals surface area contributed by atoms with Crippen molar-refractivity contribution in [3.05, 3.63) is 28.8 Å². The van der Waals surface area contributed by atoms with E-state index in [0.29, 0.717) is 12.8 Å². The monoisotopic (exact) mass is 260 g/mol. The molecule has 0 amide bonds. The van der Waals surface area contributed by atoms with E-state index in [4.69, 9.17) is 16.7 Å². The van der Waals surface area contributed by atoms with E-state index in [2.05, 4.69) is 0 Å². The Labute approximate surface area is 97.8 Å². The summed E-state index contributed by atoms with van der Waals surface area (Å²) in [4.78, 5) is 10.7. The second kappa shape index (κ2) is 3.75. The second-order valence-corrected chi connectivity index (χ2v) is 6.30. The SMILES string of the molecule is O=C(O)c1ccc(S(=O)(=O)C2CC2)c(Cl)c1. The lowest BCUT2D eigenvalue weighted by atomic mass is 10.2. The molecule has 0 atom stereocenters. The minimum absolute atomic E-state index is 0.0141. The molecule has 1 aromatic carbocycles. The molecule has 2 rings (SSSR count). The summed E-state index contributed by atoms with van der Waals surface area (Å²) in [6, 6.07) is 3.68. The Kier molecular flexibility index (Phi) is 2.67. The Morgan fingerprint density at radius 1 is 1.38 bits per heavy atom. The number of carbonyl (C=O) groups is 1. The van der Waals surface area contributed by atoms with E-state index in [-0.39, 0.29) is 20.7 Å². The van der Waals surface area contributed by atoms with Crippen molar-refractivity contribution in [2.75, 3.05) is 0 Å². The van der Waals surface area contributed by atoms with Crippen LogP contribution in [0.2, 0.25) is 5.02 Å². The molecule has 0 heterocycles. The summed E-state index contributed by atoms with van der Waals surface area (Å²) in [5.41, 5.74) is -0.0141. The summed E-state index contributed by atoms with van der Waals surface area (Å²) in [5, 5.41) is 8.35. The molecular weight excluding hydrogens is 252 g/mol. The zero-order chi connectivity index (χ0) is 11.9. The zero-order valence-corrected chi connectivity index (χ0v) is 9.75. The fraction of sp³-hybridized carbons (Fsp3) is 0.300. The van der Waals surface area contributed by atoms with Crippen LogP contribution in [-0.2, 0) is 9.84 Å². The molecule has 0 spiro atoms. The number of halogens is 1. The Bertz CT molecular complexity index is 546. The summed E-state index contributed by atoms with van der Waals surface area (Å²) < 4.78 is 23.7. The van der Waals surface area contributed by atoms with Crippen LogP contribution in [-0.4, -0.2) is 24.7 Å². The van der Waals surface area contributed by atoms with Gasteiger partial charge in [0.25, 0.3) is 0 Å². The highest BCUT2D eigenvalue weighted by molar-refractivity contribution is 7.92. The van der Waals surface area contributed by atoms with Crippen LogP contribution in [0, 0.1) is 0 Å². The molecule has 0 saturated heterocycles. The van der Waals surface area contributed by atoms with Crippen LogP contribution in [0.25, 0.3) is 0 Å². The highest BCUT2D eigenvalue weighted by Crippen LogP contribution is 2.36. The lowest BCUT2D eigenvalue weighted by molar-refractivity contribution is 0.0697. The third kappa shape index (κ3) is 1.92. The van der Waals surface area contributed by atoms with Gasteiger partial charge in [-0.3, -0.25) is 0 Å². The van der Waals surface area contributed by atoms with Gasteiger partial charge in [-0.2, -0.15) is 0 Å². The topological polar surface area (TPSA) is 71.4 Å². The molecule has 0 bridgehead atoms. The van der Waals surface area contributed by atoms with Crippen molar-refractivity contribution < 1.29 is 18.3 Å². The van der Waals surface area contributed by atoms with Crippen LogP contribution >= 0.6 is 11.6 Å². The van der Waals surface area contributed by atoms with Gasteiger partial charge in [-0.05, 0) is 31.0 Å². The molecule has 0 aliphatic heterocycles. The number of carboxylic acids is 1. The van der Waals surface area contributed by atoms with E-state index < -0.39 is 15.8 Å². The van der Waals surface area contributed by atoms with Crippen LogP contribution in [0.5, 0.6) is 0 Å². The summed E-state index contributed by atoms with van der Waals surface area (Å²) in [6.45, 7) is 0. The summed E-state index contributed by atoms with van der Waals surface area (Å²) in [5.74, 6) is -1.13. The van der Waals surface area contributed by atoms with Crippen molar-refractivity contribution in [2.24, 2.45) is 0 Å². The summed E-state index contributed by atoms with van der Waals surface area (Å²) >= 11 is 5.79. The fourth-order valence-electron chi connectivity index (χ4n) is 1.42. The lowest BCUT2D eigenvalue weighted by Gasteiger charge is -2.05. The van der Waals surface area contributed by atoms with E-state index in [0.717, 1.165) is 0 Å². The Hall–Kier alpha value is -1.07. The van der Waals surface area contributed by atoms with Crippen molar-refractivity contribution in [1.29, 1.82) is 0 Å². The van der Waals surface area contributed by atoms with Crippen molar-refractivity contribution in [1.82, 2.24) is 0 Å². The highest BCUT2D eigenvalue weighted by Gasteiger charge is 2.38. The van der Waals surface area contributed by atoms with E-state index in [9.17, 15) is 13.2 Å². The second-order valence-electron chi connectivity index (χ2n) is 3.69. The normalized spacial score (nSPS) is 16.1. The Balaban J connectivity index is 2.47. The molecule has 86 valence electrons. The van der Waals surface area contributed by atoms with Gasteiger partial charge in [-0.1, -0.05) is 11.6 Å². The largest absolute Gasteiger partial charge is 0.478 e. The van der Waals surface area contributed by atoms with Gasteiger partial charge in [0.05, 0.1) is 20.7 Å². The van der Waals surface area contributed by atoms with Gasteiger partial charge in [0, 0.05) is 0 Å². The van der Waals surface area contributed by atoms with E-state index in [1.807, 2.05) is 0 Å². The van der Waals surface area contributed by atoms with E-state index >= 15 is 0 Å². The number of aromatic carboxylic acids is 1. The van der Waals surface area contributed by atoms with Gasteiger partial charge in [-0.15, -0.1) is 0 Å². The molecule has 1 fully saturated rings. The van der Waals surface area contributed by atoms with Gasteiger partial charge in [-0.25, -0.2) is 13.2 Å². The zero-order valence-electron chi connectivity index (χ0n) is 8.18. The maximum absolute atomic E-state index is 11.9. The maximum atomic E-state index is 11.9. The smallest absolute Gasteiger partial charge is 0.335 e. The summed E-state index contributed by atoms with van der Waals surface area (Å²) in [6.07, 6.45) is 1.30. The fourth-order valence-corrected chi connectivity index (χ4v) is 3.63. The van der Waals surface area contributed by atoms with Crippen LogP contribution in [0.4, 0.5) is 0 Å². The molecule has 0 radical (unpaired) electrons. The average molecular weight is 261 g/mol. The predicted octanol–water partition coefficient (Wildman–Crippen LogP) is 1.97. The maximum Gasteiger partial charge on any atom is 0.335 e. The molecule has 0 aromatic heterocycles. The number of benzene rings is 1. The minimum Gasteiger partial charge on any atom is -0.478 e. The lowest BCUT2D eigenvalue weighted by Crippen LogP contribution is -2.08. The first-order valence-corrected chi connectivity index (χ1v) is 6.62. The average Bonchev–Trinajstić information content (AvgIpc) is 2.99. The van der Waals surface area contributed by atoms with E-state index in [1.54, 1.807) is 0 Å². The van der Waals surface area contributed by atoms with Crippen molar-refractivity contribution in [3.63, 3.8) is 0 Å². The highest BCUT2D eigenvalue weighted by atomic mass is 35.5. The van der Waals surface area contributed by atoms with Crippen LogP contribution in [0.15, 0.2) is 23.1 Å². The first kappa shape index (κ1) is 11.4. The van der Waals surface area contributed by atoms with Gasteiger partial charge in [0.15, 0.2) is 9.84 Å². The van der Waals surface area contributed by atoms with Crippen LogP contribution < -0.4 is 0 Å². The molecule has 6 heteroatoms. The molecule has 1 saturated carbocycles. The first-order valence-electron chi connectivity index (χ1n) is 4.69. The number of sulfone groups is 1. The third-order valence-electron chi connectivity index (χ3n) is 2.45. The third-order valence-corrected chi connectivity index (χ3v) is 5.19. The van der Waals surface area contributed by atoms with Gasteiger partial charge >= 0.3 is 5.97 Å². The predicted molar refractivity (Wildman–Crippen MR) is 58.6 cm³/mol. The number of rotatable bonds is 3. The molecular formula is C10H9ClO4S. The summed E-state index contributed by atoms with van der Waals surface area (Å²) in [7, 11) is -3.36. The Morgan fingerprint density at radius 2 is 2.00 bits per heavy atom. The first-order chi connectivity index (χ1) is 7.43. The molecule has 16 heavy (non-hydrogen) atoms. The molecule has 4 nitrogen and oxygen atoms in total. The quantitative estimate of drug-likeness (QED) is 0.902. The number of hydrogen-bond acceptors (Lipinski definition) is 3. The number of carboxylic acid groups (broad SMARTS) is 1. The molecule has 1 aromatic rings. The van der Waals surface area contributed by atoms with Crippen LogP contribution in [0.3, 0.4) is 0 Å². The molecule has 1 aliphatic rings. The molecule has 0 unspecified atom stereocenters. The van der Waals surface area contributed by atoms with E-state index in [1.165, 1.54) is 18.2 Å². The molecule has 1 N–H and O–H groups in total. The van der Waals surface area contributed by atoms with Gasteiger partial charge in [0.1, 0.15) is 0 Å². The van der Waals surface area contributed by atoms with Crippen molar-refractivity contribution in [3.8, 4) is 0 Å². The van der Waals surface area contributed by atoms with Crippen molar-refractivity contribution >= 4 is 27.4 Å². The molecule has 1 aliphatic carbocycles.